The summed E-state index contributed by atoms with van der Waals surface area (Å²) < 4.78 is 0. The molecule has 5 rings (SSSR count). The highest BCUT2D eigenvalue weighted by Gasteiger charge is 2.45. The molecule has 1 aromatic carbocycles. The van der Waals surface area contributed by atoms with E-state index in [-0.39, 0.29) is 5.91 Å². The zero-order valence-electron chi connectivity index (χ0n) is 16.7. The third-order valence-corrected chi connectivity index (χ3v) is 7.18. The summed E-state index contributed by atoms with van der Waals surface area (Å²) in [6.45, 7) is 4.95. The fourth-order valence-electron chi connectivity index (χ4n) is 5.87. The molecule has 5 nitrogen and oxygen atoms in total. The third-order valence-electron chi connectivity index (χ3n) is 7.18. The van der Waals surface area contributed by atoms with E-state index in [4.69, 9.17) is 0 Å². The van der Waals surface area contributed by atoms with Crippen molar-refractivity contribution in [1.82, 2.24) is 19.8 Å². The summed E-state index contributed by atoms with van der Waals surface area (Å²) in [5.41, 5.74) is 3.37. The largest absolute Gasteiger partial charge is 0.348 e. The Labute approximate surface area is 167 Å². The Balaban J connectivity index is 1.31. The van der Waals surface area contributed by atoms with Crippen molar-refractivity contribution in [3.8, 4) is 0 Å². The van der Waals surface area contributed by atoms with Gasteiger partial charge in [0.2, 0.25) is 5.91 Å². The maximum Gasteiger partial charge on any atom is 0.228 e. The van der Waals surface area contributed by atoms with Gasteiger partial charge in [0.1, 0.15) is 0 Å². The quantitative estimate of drug-likeness (QED) is 0.891. The smallest absolute Gasteiger partial charge is 0.228 e. The number of hydrogen-bond acceptors (Lipinski definition) is 3. The van der Waals surface area contributed by atoms with Gasteiger partial charge < -0.3 is 9.88 Å². The van der Waals surface area contributed by atoms with E-state index in [1.165, 1.54) is 31.2 Å². The third kappa shape index (κ3) is 3.26. The molecular formula is C23H30N4O. The number of H-pyrrole nitrogens is 1. The van der Waals surface area contributed by atoms with E-state index in [1.807, 2.05) is 6.92 Å². The molecule has 0 unspecified atom stereocenters. The van der Waals surface area contributed by atoms with Gasteiger partial charge in [-0.3, -0.25) is 9.69 Å². The van der Waals surface area contributed by atoms with Gasteiger partial charge in [0.25, 0.3) is 0 Å². The second-order valence-electron chi connectivity index (χ2n) is 8.93. The average molecular weight is 379 g/mol. The molecule has 4 heterocycles. The number of piperidine rings is 3. The van der Waals surface area contributed by atoms with Crippen molar-refractivity contribution < 1.29 is 4.79 Å². The topological polar surface area (TPSA) is 52.2 Å². The number of aromatic amines is 1. The average Bonchev–Trinajstić information content (AvgIpc) is 3.12. The highest BCUT2D eigenvalue weighted by atomic mass is 16.2. The fourth-order valence-corrected chi connectivity index (χ4v) is 5.87. The van der Waals surface area contributed by atoms with Crippen LogP contribution in [-0.4, -0.2) is 51.4 Å². The molecule has 1 aromatic heterocycles. The van der Waals surface area contributed by atoms with Crippen LogP contribution in [0.1, 0.15) is 48.7 Å². The predicted octanol–water partition coefficient (Wildman–Crippen LogP) is 3.33. The van der Waals surface area contributed by atoms with Crippen molar-refractivity contribution in [2.24, 2.45) is 11.8 Å². The first-order chi connectivity index (χ1) is 13.7. The summed E-state index contributed by atoms with van der Waals surface area (Å²) in [5.74, 6) is 1.46. The second-order valence-corrected chi connectivity index (χ2v) is 8.93. The van der Waals surface area contributed by atoms with Gasteiger partial charge in [0.05, 0.1) is 18.4 Å². The molecule has 2 bridgehead atoms. The summed E-state index contributed by atoms with van der Waals surface area (Å²) in [7, 11) is 0. The van der Waals surface area contributed by atoms with Crippen molar-refractivity contribution in [1.29, 1.82) is 0 Å². The number of amides is 1. The number of hydrogen-bond donors (Lipinski definition) is 1. The lowest BCUT2D eigenvalue weighted by Gasteiger charge is -2.55. The number of aromatic nitrogens is 2. The molecule has 0 spiro atoms. The Morgan fingerprint density at radius 2 is 2.04 bits per heavy atom. The van der Waals surface area contributed by atoms with Crippen LogP contribution in [0.25, 0.3) is 0 Å². The zero-order valence-corrected chi connectivity index (χ0v) is 16.7. The van der Waals surface area contributed by atoms with Gasteiger partial charge in [0.15, 0.2) is 0 Å². The Morgan fingerprint density at radius 1 is 1.18 bits per heavy atom. The second kappa shape index (κ2) is 7.36. The molecule has 148 valence electrons. The standard InChI is InChI=1S/C23H30N4O/c1-16-20(25-15-24-16)11-23(28)26-12-17-10-19(14-26)22-9-5-8-21(27(22)13-17)18-6-3-2-4-7-18/h2-4,6-7,15,17,19,21-22H,5,8-14H2,1H3,(H,24,25)/t17-,19+,21+,22-/m0/s1. The normalized spacial score (nSPS) is 30.1. The summed E-state index contributed by atoms with van der Waals surface area (Å²) in [6.07, 6.45) is 7.24. The van der Waals surface area contributed by atoms with E-state index >= 15 is 0 Å². The van der Waals surface area contributed by atoms with Gasteiger partial charge >= 0.3 is 0 Å². The minimum absolute atomic E-state index is 0.244. The van der Waals surface area contributed by atoms with Crippen LogP contribution in [0.15, 0.2) is 36.7 Å². The van der Waals surface area contributed by atoms with Crippen LogP contribution in [0.2, 0.25) is 0 Å². The number of nitrogens with one attached hydrogen (secondary N) is 1. The molecule has 5 heteroatoms. The Bertz CT molecular complexity index is 832. The van der Waals surface area contributed by atoms with Crippen molar-refractivity contribution in [3.63, 3.8) is 0 Å². The minimum atomic E-state index is 0.244. The van der Waals surface area contributed by atoms with Gasteiger partial charge in [-0.15, -0.1) is 0 Å². The first kappa shape index (κ1) is 17.9. The lowest BCUT2D eigenvalue weighted by Crippen LogP contribution is -2.60. The van der Waals surface area contributed by atoms with Crippen LogP contribution in [0.4, 0.5) is 0 Å². The van der Waals surface area contributed by atoms with Crippen molar-refractivity contribution >= 4 is 5.91 Å². The Kier molecular flexibility index (Phi) is 4.71. The van der Waals surface area contributed by atoms with E-state index in [9.17, 15) is 4.79 Å². The molecule has 1 amide bonds. The maximum absolute atomic E-state index is 13.0. The molecule has 3 fully saturated rings. The number of carbonyl (C=O) groups is 1. The van der Waals surface area contributed by atoms with E-state index in [1.54, 1.807) is 6.33 Å². The number of imidazole rings is 1. The molecular weight excluding hydrogens is 348 g/mol. The van der Waals surface area contributed by atoms with Crippen LogP contribution in [0.5, 0.6) is 0 Å². The Hall–Kier alpha value is -2.14. The lowest BCUT2D eigenvalue weighted by atomic mass is 9.74. The molecule has 0 aliphatic carbocycles. The highest BCUT2D eigenvalue weighted by Crippen LogP contribution is 2.44. The van der Waals surface area contributed by atoms with Gasteiger partial charge in [-0.1, -0.05) is 30.3 Å². The summed E-state index contributed by atoms with van der Waals surface area (Å²) in [4.78, 5) is 25.3. The number of fused-ring (bicyclic) bond motifs is 4. The van der Waals surface area contributed by atoms with E-state index in [0.717, 1.165) is 31.0 Å². The molecule has 0 radical (unpaired) electrons. The van der Waals surface area contributed by atoms with Crippen LogP contribution in [0.3, 0.4) is 0 Å². The van der Waals surface area contributed by atoms with Crippen molar-refractivity contribution in [3.05, 3.63) is 53.6 Å². The molecule has 28 heavy (non-hydrogen) atoms. The fraction of sp³-hybridized carbons (Fsp3) is 0.565. The monoisotopic (exact) mass is 378 g/mol. The maximum atomic E-state index is 13.0. The van der Waals surface area contributed by atoms with Crippen LogP contribution >= 0.6 is 0 Å². The molecule has 4 atom stereocenters. The summed E-state index contributed by atoms with van der Waals surface area (Å²) in [5, 5.41) is 0. The van der Waals surface area contributed by atoms with E-state index < -0.39 is 0 Å². The van der Waals surface area contributed by atoms with E-state index in [2.05, 4.69) is 50.1 Å². The van der Waals surface area contributed by atoms with Gasteiger partial charge in [-0.25, -0.2) is 4.98 Å². The number of benzene rings is 1. The van der Waals surface area contributed by atoms with Gasteiger partial charge in [-0.05, 0) is 50.0 Å². The molecule has 0 saturated carbocycles. The summed E-state index contributed by atoms with van der Waals surface area (Å²) >= 11 is 0. The number of nitrogens with zero attached hydrogens (tertiary/aromatic N) is 3. The van der Waals surface area contributed by atoms with Gasteiger partial charge in [-0.2, -0.15) is 0 Å². The molecule has 1 N–H and O–H groups in total. The van der Waals surface area contributed by atoms with Gasteiger partial charge in [0, 0.05) is 37.4 Å². The number of aryl methyl sites for hydroxylation is 1. The number of carbonyl (C=O) groups excluding carboxylic acids is 1. The van der Waals surface area contributed by atoms with Crippen LogP contribution < -0.4 is 0 Å². The zero-order chi connectivity index (χ0) is 19.1. The Morgan fingerprint density at radius 3 is 2.82 bits per heavy atom. The first-order valence-corrected chi connectivity index (χ1v) is 10.8. The summed E-state index contributed by atoms with van der Waals surface area (Å²) in [6, 6.07) is 12.2. The van der Waals surface area contributed by atoms with E-state index in [0.29, 0.717) is 30.3 Å². The lowest BCUT2D eigenvalue weighted by molar-refractivity contribution is -0.138. The first-order valence-electron chi connectivity index (χ1n) is 10.8. The molecule has 2 aromatic rings. The molecule has 3 aliphatic heterocycles. The highest BCUT2D eigenvalue weighted by molar-refractivity contribution is 5.78. The molecule has 3 aliphatic rings. The SMILES string of the molecule is Cc1[nH]cnc1CC(=O)N1C[C@@H]2C[C@H](C1)[C@@H]1CCC[C@H](c3ccccc3)N1C2. The number of rotatable bonds is 3. The predicted molar refractivity (Wildman–Crippen MR) is 109 cm³/mol. The van der Waals surface area contributed by atoms with Crippen molar-refractivity contribution in [2.45, 2.75) is 51.1 Å². The minimum Gasteiger partial charge on any atom is -0.348 e. The molecule has 3 saturated heterocycles. The van der Waals surface area contributed by atoms with Crippen LogP contribution in [0, 0.1) is 18.8 Å². The number of likely N-dealkylation sites (tertiary alicyclic amines) is 1. The van der Waals surface area contributed by atoms with Crippen LogP contribution in [-0.2, 0) is 11.2 Å². The van der Waals surface area contributed by atoms with Crippen molar-refractivity contribution in [2.75, 3.05) is 19.6 Å².